The highest BCUT2D eigenvalue weighted by Gasteiger charge is 2.57. The molecule has 3 aliphatic carbocycles. The largest absolute Gasteiger partial charge is 0.396 e. The molecule has 2 N–H and O–H groups in total. The number of nitrogens with one attached hydrogen (secondary N) is 1. The van der Waals surface area contributed by atoms with E-state index in [0.29, 0.717) is 17.3 Å². The molecule has 0 unspecified atom stereocenters. The smallest absolute Gasteiger partial charge is 0.225 e. The highest BCUT2D eigenvalue weighted by atomic mass is 16.3. The number of hydrogen-bond donors (Lipinski definition) is 2. The van der Waals surface area contributed by atoms with Crippen molar-refractivity contribution in [1.29, 1.82) is 0 Å². The van der Waals surface area contributed by atoms with Crippen LogP contribution in [0.1, 0.15) is 53.9 Å². The van der Waals surface area contributed by atoms with E-state index in [0.717, 1.165) is 18.8 Å². The standard InChI is InChI=1S/C16H29NO2/c1-15(2,3)14(19)17-13-10(6-7-18)8-11-9-12(13)16(11,4)5/h10-13,18H,6-9H2,1-5H3,(H,17,19)/t10-,11-,12-,13+/m0/s1. The first-order valence-corrected chi connectivity index (χ1v) is 7.59. The van der Waals surface area contributed by atoms with Gasteiger partial charge in [-0.05, 0) is 42.4 Å². The van der Waals surface area contributed by atoms with Gasteiger partial charge in [-0.1, -0.05) is 34.6 Å². The van der Waals surface area contributed by atoms with Crippen molar-refractivity contribution in [2.75, 3.05) is 6.61 Å². The third-order valence-corrected chi connectivity index (χ3v) is 5.55. The Bertz CT molecular complexity index is 356. The Morgan fingerprint density at radius 1 is 1.32 bits per heavy atom. The Hall–Kier alpha value is -0.570. The maximum Gasteiger partial charge on any atom is 0.225 e. The second-order valence-electron chi connectivity index (χ2n) is 8.12. The van der Waals surface area contributed by atoms with Crippen LogP contribution >= 0.6 is 0 Å². The number of aliphatic hydroxyl groups excluding tert-OH is 1. The van der Waals surface area contributed by atoms with Gasteiger partial charge < -0.3 is 10.4 Å². The van der Waals surface area contributed by atoms with Gasteiger partial charge in [0.2, 0.25) is 5.91 Å². The molecule has 3 nitrogen and oxygen atoms in total. The minimum Gasteiger partial charge on any atom is -0.396 e. The summed E-state index contributed by atoms with van der Waals surface area (Å²) in [5, 5.41) is 12.5. The molecule has 0 aliphatic heterocycles. The number of amides is 1. The molecule has 3 saturated carbocycles. The van der Waals surface area contributed by atoms with Gasteiger partial charge in [0.15, 0.2) is 0 Å². The lowest BCUT2D eigenvalue weighted by Gasteiger charge is -2.62. The second-order valence-corrected chi connectivity index (χ2v) is 8.12. The van der Waals surface area contributed by atoms with E-state index < -0.39 is 0 Å². The van der Waals surface area contributed by atoms with Crippen LogP contribution in [0.3, 0.4) is 0 Å². The Balaban J connectivity index is 2.11. The molecule has 0 radical (unpaired) electrons. The van der Waals surface area contributed by atoms with Gasteiger partial charge in [0.1, 0.15) is 0 Å². The molecule has 0 spiro atoms. The first-order chi connectivity index (χ1) is 8.67. The molecule has 1 amide bonds. The molecule has 19 heavy (non-hydrogen) atoms. The van der Waals surface area contributed by atoms with Crippen molar-refractivity contribution in [2.24, 2.45) is 28.6 Å². The van der Waals surface area contributed by atoms with E-state index >= 15 is 0 Å². The molecule has 0 aromatic rings. The summed E-state index contributed by atoms with van der Waals surface area (Å²) in [4.78, 5) is 12.3. The van der Waals surface area contributed by atoms with Crippen LogP contribution < -0.4 is 5.32 Å². The number of rotatable bonds is 3. The van der Waals surface area contributed by atoms with Crippen LogP contribution in [0.2, 0.25) is 0 Å². The summed E-state index contributed by atoms with van der Waals surface area (Å²) in [5.74, 6) is 1.95. The lowest BCUT2D eigenvalue weighted by molar-refractivity contribution is -0.143. The van der Waals surface area contributed by atoms with Crippen LogP contribution in [0.4, 0.5) is 0 Å². The number of carbonyl (C=O) groups is 1. The number of aliphatic hydroxyl groups is 1. The lowest BCUT2D eigenvalue weighted by atomic mass is 9.44. The molecule has 3 heteroatoms. The van der Waals surface area contributed by atoms with Gasteiger partial charge in [-0.15, -0.1) is 0 Å². The van der Waals surface area contributed by atoms with E-state index in [2.05, 4.69) is 19.2 Å². The van der Waals surface area contributed by atoms with Crippen LogP contribution in [-0.4, -0.2) is 23.7 Å². The molecule has 0 heterocycles. The van der Waals surface area contributed by atoms with Crippen LogP contribution in [-0.2, 0) is 4.79 Å². The summed E-state index contributed by atoms with van der Waals surface area (Å²) in [7, 11) is 0. The van der Waals surface area contributed by atoms with Crippen LogP contribution in [0.15, 0.2) is 0 Å². The van der Waals surface area contributed by atoms with Gasteiger partial charge in [0, 0.05) is 18.1 Å². The van der Waals surface area contributed by atoms with Crippen LogP contribution in [0.25, 0.3) is 0 Å². The number of hydrogen-bond acceptors (Lipinski definition) is 2. The van der Waals surface area contributed by atoms with Crippen molar-refractivity contribution < 1.29 is 9.90 Å². The Morgan fingerprint density at radius 2 is 1.95 bits per heavy atom. The molecule has 4 atom stereocenters. The van der Waals surface area contributed by atoms with Gasteiger partial charge in [-0.2, -0.15) is 0 Å². The summed E-state index contributed by atoms with van der Waals surface area (Å²) in [6.07, 6.45) is 3.21. The molecule has 3 rings (SSSR count). The maximum absolute atomic E-state index is 12.3. The topological polar surface area (TPSA) is 49.3 Å². The number of carbonyl (C=O) groups excluding carboxylic acids is 1. The fraction of sp³-hybridized carbons (Fsp3) is 0.938. The molecular formula is C16H29NO2. The molecule has 110 valence electrons. The predicted molar refractivity (Wildman–Crippen MR) is 76.6 cm³/mol. The van der Waals surface area contributed by atoms with E-state index in [1.165, 1.54) is 6.42 Å². The van der Waals surface area contributed by atoms with Gasteiger partial charge in [-0.25, -0.2) is 0 Å². The van der Waals surface area contributed by atoms with E-state index in [9.17, 15) is 9.90 Å². The fourth-order valence-electron chi connectivity index (χ4n) is 3.96. The lowest BCUT2D eigenvalue weighted by Crippen LogP contribution is -2.64. The molecule has 0 aromatic carbocycles. The van der Waals surface area contributed by atoms with Gasteiger partial charge in [-0.3, -0.25) is 4.79 Å². The third kappa shape index (κ3) is 2.54. The van der Waals surface area contributed by atoms with Crippen molar-refractivity contribution in [1.82, 2.24) is 5.32 Å². The van der Waals surface area contributed by atoms with E-state index in [4.69, 9.17) is 0 Å². The normalized spacial score (nSPS) is 36.5. The highest BCUT2D eigenvalue weighted by molar-refractivity contribution is 5.81. The second kappa shape index (κ2) is 4.76. The molecular weight excluding hydrogens is 238 g/mol. The number of fused-ring (bicyclic) bond motifs is 2. The van der Waals surface area contributed by atoms with E-state index in [1.54, 1.807) is 0 Å². The summed E-state index contributed by atoms with van der Waals surface area (Å²) in [6, 6.07) is 0.249. The SMILES string of the molecule is CC(C)(C)C(=O)N[C@@H]1[C@@H](CCO)C[C@H]2C[C@@H]1C2(C)C. The first-order valence-electron chi connectivity index (χ1n) is 7.59. The maximum atomic E-state index is 12.3. The van der Waals surface area contributed by atoms with Crippen molar-refractivity contribution >= 4 is 5.91 Å². The zero-order valence-corrected chi connectivity index (χ0v) is 13.0. The van der Waals surface area contributed by atoms with Gasteiger partial charge in [0.25, 0.3) is 0 Å². The van der Waals surface area contributed by atoms with E-state index in [1.807, 2.05) is 20.8 Å². The summed E-state index contributed by atoms with van der Waals surface area (Å²) in [6.45, 7) is 10.8. The minimum absolute atomic E-state index is 0.140. The Morgan fingerprint density at radius 3 is 2.42 bits per heavy atom. The molecule has 0 saturated heterocycles. The molecule has 3 aliphatic rings. The quantitative estimate of drug-likeness (QED) is 0.825. The molecule has 3 fully saturated rings. The van der Waals surface area contributed by atoms with Gasteiger partial charge >= 0.3 is 0 Å². The molecule has 0 aromatic heterocycles. The summed E-state index contributed by atoms with van der Waals surface area (Å²) in [5.41, 5.74) is 0.0102. The van der Waals surface area contributed by atoms with E-state index in [-0.39, 0.29) is 24.0 Å². The average molecular weight is 267 g/mol. The first kappa shape index (κ1) is 14.8. The van der Waals surface area contributed by atoms with Crippen molar-refractivity contribution in [3.8, 4) is 0 Å². The van der Waals surface area contributed by atoms with Crippen LogP contribution in [0.5, 0.6) is 0 Å². The monoisotopic (exact) mass is 267 g/mol. The average Bonchev–Trinajstić information content (AvgIpc) is 2.29. The van der Waals surface area contributed by atoms with Crippen molar-refractivity contribution in [2.45, 2.75) is 59.9 Å². The fourth-order valence-corrected chi connectivity index (χ4v) is 3.96. The zero-order valence-electron chi connectivity index (χ0n) is 13.0. The third-order valence-electron chi connectivity index (χ3n) is 5.55. The van der Waals surface area contributed by atoms with Crippen LogP contribution in [0, 0.1) is 28.6 Å². The highest BCUT2D eigenvalue weighted by Crippen LogP contribution is 2.61. The Labute approximate surface area is 117 Å². The van der Waals surface area contributed by atoms with Gasteiger partial charge in [0.05, 0.1) is 0 Å². The molecule has 2 bridgehead atoms. The predicted octanol–water partition coefficient (Wildman–Crippen LogP) is 2.58. The minimum atomic E-state index is -0.339. The van der Waals surface area contributed by atoms with Crippen molar-refractivity contribution in [3.05, 3.63) is 0 Å². The van der Waals surface area contributed by atoms with Crippen molar-refractivity contribution in [3.63, 3.8) is 0 Å². The summed E-state index contributed by atoms with van der Waals surface area (Å²) < 4.78 is 0. The Kier molecular flexibility index (Phi) is 3.72. The summed E-state index contributed by atoms with van der Waals surface area (Å²) >= 11 is 0. The zero-order chi connectivity index (χ0) is 14.4.